The number of para-hydroxylation sites is 1. The minimum absolute atomic E-state index is 0.0905. The Morgan fingerprint density at radius 1 is 1.08 bits per heavy atom. The highest BCUT2D eigenvalue weighted by atomic mass is 16.6. The molecular formula is C17H19N3O5. The number of aliphatic hydroxyl groups excluding tert-OH is 2. The Bertz CT molecular complexity index is 730. The maximum atomic E-state index is 12.5. The molecule has 0 bridgehead atoms. The van der Waals surface area contributed by atoms with Crippen molar-refractivity contribution >= 4 is 23.0 Å². The lowest BCUT2D eigenvalue weighted by Crippen LogP contribution is -2.30. The first-order chi connectivity index (χ1) is 12.1. The van der Waals surface area contributed by atoms with Gasteiger partial charge in [0.2, 0.25) is 0 Å². The number of hydrogen-bond acceptors (Lipinski definition) is 6. The van der Waals surface area contributed by atoms with Crippen molar-refractivity contribution in [3.05, 3.63) is 64.2 Å². The largest absolute Gasteiger partial charge is 0.395 e. The first kappa shape index (κ1) is 18.4. The Hall–Kier alpha value is -2.97. The predicted octanol–water partition coefficient (Wildman–Crippen LogP) is 1.64. The maximum Gasteiger partial charge on any atom is 0.282 e. The predicted molar refractivity (Wildman–Crippen MR) is 93.9 cm³/mol. The zero-order chi connectivity index (χ0) is 18.2. The molecule has 0 fully saturated rings. The summed E-state index contributed by atoms with van der Waals surface area (Å²) in [5.41, 5.74) is 0.624. The van der Waals surface area contributed by atoms with Crippen LogP contribution in [0.15, 0.2) is 48.5 Å². The molecule has 0 atom stereocenters. The molecule has 132 valence electrons. The van der Waals surface area contributed by atoms with Gasteiger partial charge in [0.05, 0.1) is 18.1 Å². The summed E-state index contributed by atoms with van der Waals surface area (Å²) in [5.74, 6) is -0.604. The number of nitro benzene ring substituents is 1. The highest BCUT2D eigenvalue weighted by molar-refractivity contribution is 6.07. The summed E-state index contributed by atoms with van der Waals surface area (Å²) in [7, 11) is 0. The summed E-state index contributed by atoms with van der Waals surface area (Å²) in [6.45, 7) is 0.168. The second kappa shape index (κ2) is 8.76. The van der Waals surface area contributed by atoms with Crippen LogP contribution in [0, 0.1) is 10.1 Å². The molecule has 0 spiro atoms. The van der Waals surface area contributed by atoms with Gasteiger partial charge in [-0.05, 0) is 24.3 Å². The van der Waals surface area contributed by atoms with E-state index in [0.29, 0.717) is 11.4 Å². The third kappa shape index (κ3) is 4.75. The molecule has 2 aromatic rings. The molecule has 0 heterocycles. The van der Waals surface area contributed by atoms with E-state index in [4.69, 9.17) is 10.2 Å². The number of aliphatic hydroxyl groups is 2. The van der Waals surface area contributed by atoms with E-state index >= 15 is 0 Å². The standard InChI is InChI=1S/C17H19N3O5/c21-10-8-19(9-11-22)14-6-7-16(20(24)25)15(12-14)17(23)18-13-4-2-1-3-5-13/h1-7,12,21-22H,8-11H2,(H,18,23). The summed E-state index contributed by atoms with van der Waals surface area (Å²) in [6.07, 6.45) is 0. The Morgan fingerprint density at radius 3 is 2.28 bits per heavy atom. The number of anilines is 2. The number of nitro groups is 1. The van der Waals surface area contributed by atoms with Crippen LogP contribution < -0.4 is 10.2 Å². The molecule has 0 aliphatic rings. The average molecular weight is 345 g/mol. The minimum atomic E-state index is -0.619. The average Bonchev–Trinajstić information content (AvgIpc) is 2.61. The molecule has 8 heteroatoms. The van der Waals surface area contributed by atoms with Crippen LogP contribution in [0.2, 0.25) is 0 Å². The fourth-order valence-electron chi connectivity index (χ4n) is 2.39. The molecule has 0 saturated heterocycles. The van der Waals surface area contributed by atoms with Crippen molar-refractivity contribution in [2.75, 3.05) is 36.5 Å². The SMILES string of the molecule is O=C(Nc1ccccc1)c1cc(N(CCO)CCO)ccc1[N+](=O)[O-]. The Kier molecular flexibility index (Phi) is 6.44. The summed E-state index contributed by atoms with van der Waals surface area (Å²) in [4.78, 5) is 24.8. The number of carbonyl (C=O) groups is 1. The molecule has 0 aromatic heterocycles. The van der Waals surface area contributed by atoms with E-state index in [1.54, 1.807) is 35.2 Å². The molecule has 1 amide bonds. The van der Waals surface area contributed by atoms with Crippen LogP contribution in [0.25, 0.3) is 0 Å². The zero-order valence-corrected chi connectivity index (χ0v) is 13.5. The van der Waals surface area contributed by atoms with E-state index in [1.807, 2.05) is 0 Å². The lowest BCUT2D eigenvalue weighted by Gasteiger charge is -2.23. The molecule has 0 aliphatic heterocycles. The van der Waals surface area contributed by atoms with Crippen molar-refractivity contribution in [1.82, 2.24) is 0 Å². The molecule has 8 nitrogen and oxygen atoms in total. The van der Waals surface area contributed by atoms with Crippen molar-refractivity contribution in [2.24, 2.45) is 0 Å². The molecule has 0 saturated carbocycles. The van der Waals surface area contributed by atoms with Crippen LogP contribution in [0.1, 0.15) is 10.4 Å². The smallest absolute Gasteiger partial charge is 0.282 e. The Morgan fingerprint density at radius 2 is 1.72 bits per heavy atom. The van der Waals surface area contributed by atoms with Gasteiger partial charge in [0.15, 0.2) is 0 Å². The third-order valence-corrected chi connectivity index (χ3v) is 3.56. The Labute approximate surface area is 144 Å². The summed E-state index contributed by atoms with van der Waals surface area (Å²) in [5, 5.41) is 32.1. The zero-order valence-electron chi connectivity index (χ0n) is 13.5. The molecule has 2 rings (SSSR count). The van der Waals surface area contributed by atoms with Gasteiger partial charge >= 0.3 is 0 Å². The van der Waals surface area contributed by atoms with Gasteiger partial charge in [-0.2, -0.15) is 0 Å². The summed E-state index contributed by atoms with van der Waals surface area (Å²) < 4.78 is 0. The highest BCUT2D eigenvalue weighted by Gasteiger charge is 2.22. The van der Waals surface area contributed by atoms with Gasteiger partial charge in [0, 0.05) is 30.5 Å². The topological polar surface area (TPSA) is 116 Å². The number of rotatable bonds is 8. The van der Waals surface area contributed by atoms with E-state index in [1.165, 1.54) is 18.2 Å². The lowest BCUT2D eigenvalue weighted by molar-refractivity contribution is -0.385. The first-order valence-corrected chi connectivity index (χ1v) is 7.68. The monoisotopic (exact) mass is 345 g/mol. The van der Waals surface area contributed by atoms with Gasteiger partial charge < -0.3 is 20.4 Å². The minimum Gasteiger partial charge on any atom is -0.395 e. The quantitative estimate of drug-likeness (QED) is 0.495. The lowest BCUT2D eigenvalue weighted by atomic mass is 10.1. The van der Waals surface area contributed by atoms with Crippen LogP contribution in [0.4, 0.5) is 17.1 Å². The number of nitrogens with one attached hydrogen (secondary N) is 1. The molecule has 2 aromatic carbocycles. The second-order valence-electron chi connectivity index (χ2n) is 5.21. The third-order valence-electron chi connectivity index (χ3n) is 3.56. The second-order valence-corrected chi connectivity index (χ2v) is 5.21. The van der Waals surface area contributed by atoms with Gasteiger partial charge in [0.1, 0.15) is 5.56 Å². The van der Waals surface area contributed by atoms with E-state index < -0.39 is 10.8 Å². The van der Waals surface area contributed by atoms with Crippen molar-refractivity contribution in [1.29, 1.82) is 0 Å². The summed E-state index contributed by atoms with van der Waals surface area (Å²) in [6, 6.07) is 12.8. The van der Waals surface area contributed by atoms with Gasteiger partial charge in [-0.15, -0.1) is 0 Å². The van der Waals surface area contributed by atoms with Crippen LogP contribution in [-0.4, -0.2) is 47.3 Å². The van der Waals surface area contributed by atoms with E-state index in [0.717, 1.165) is 0 Å². The van der Waals surface area contributed by atoms with E-state index in [2.05, 4.69) is 5.32 Å². The normalized spacial score (nSPS) is 10.3. The highest BCUT2D eigenvalue weighted by Crippen LogP contribution is 2.26. The van der Waals surface area contributed by atoms with E-state index in [9.17, 15) is 14.9 Å². The number of amides is 1. The molecule has 0 radical (unpaired) electrons. The van der Waals surface area contributed by atoms with Crippen molar-refractivity contribution in [3.8, 4) is 0 Å². The van der Waals surface area contributed by atoms with Crippen molar-refractivity contribution < 1.29 is 19.9 Å². The fourth-order valence-corrected chi connectivity index (χ4v) is 2.39. The van der Waals surface area contributed by atoms with Crippen molar-refractivity contribution in [2.45, 2.75) is 0 Å². The summed E-state index contributed by atoms with van der Waals surface area (Å²) >= 11 is 0. The molecular weight excluding hydrogens is 326 g/mol. The maximum absolute atomic E-state index is 12.5. The van der Waals surface area contributed by atoms with Crippen LogP contribution in [0.3, 0.4) is 0 Å². The number of carbonyl (C=O) groups excluding carboxylic acids is 1. The number of nitrogens with zero attached hydrogens (tertiary/aromatic N) is 2. The number of benzene rings is 2. The van der Waals surface area contributed by atoms with E-state index in [-0.39, 0.29) is 37.6 Å². The first-order valence-electron chi connectivity index (χ1n) is 7.68. The van der Waals surface area contributed by atoms with Gasteiger partial charge in [-0.25, -0.2) is 0 Å². The molecule has 0 unspecified atom stereocenters. The molecule has 0 aliphatic carbocycles. The fraction of sp³-hybridized carbons (Fsp3) is 0.235. The Balaban J connectivity index is 2.37. The van der Waals surface area contributed by atoms with Gasteiger partial charge in [0.25, 0.3) is 11.6 Å². The van der Waals surface area contributed by atoms with Gasteiger partial charge in [-0.3, -0.25) is 14.9 Å². The molecule has 3 N–H and O–H groups in total. The van der Waals surface area contributed by atoms with Crippen LogP contribution >= 0.6 is 0 Å². The number of hydrogen-bond donors (Lipinski definition) is 3. The van der Waals surface area contributed by atoms with Gasteiger partial charge in [-0.1, -0.05) is 18.2 Å². The molecule has 25 heavy (non-hydrogen) atoms. The van der Waals surface area contributed by atoms with Crippen LogP contribution in [0.5, 0.6) is 0 Å². The van der Waals surface area contributed by atoms with Crippen LogP contribution in [-0.2, 0) is 0 Å². The van der Waals surface area contributed by atoms with Crippen molar-refractivity contribution in [3.63, 3.8) is 0 Å².